The van der Waals surface area contributed by atoms with Crippen molar-refractivity contribution in [1.29, 1.82) is 0 Å². The predicted molar refractivity (Wildman–Crippen MR) is 86.6 cm³/mol. The fourth-order valence-corrected chi connectivity index (χ4v) is 2.87. The molecule has 1 saturated heterocycles. The van der Waals surface area contributed by atoms with Gasteiger partial charge in [0.2, 0.25) is 11.5 Å². The molecule has 0 radical (unpaired) electrons. The summed E-state index contributed by atoms with van der Waals surface area (Å²) >= 11 is 0. The number of aromatic amines is 1. The summed E-state index contributed by atoms with van der Waals surface area (Å²) in [6.07, 6.45) is 5.29. The molecule has 1 amide bonds. The highest BCUT2D eigenvalue weighted by Gasteiger charge is 2.30. The molecule has 3 rings (SSSR count). The molecule has 0 saturated carbocycles. The number of hydrogen-bond acceptors (Lipinski definition) is 4. The number of nitrogens with zero attached hydrogens (tertiary/aromatic N) is 2. The fraction of sp³-hybridized carbons (Fsp3) is 0.353. The number of pyridine rings is 2. The molecule has 2 N–H and O–H groups in total. The Kier molecular flexibility index (Phi) is 4.83. The second-order valence-corrected chi connectivity index (χ2v) is 5.73. The number of hydrogen-bond donors (Lipinski definition) is 2. The highest BCUT2D eigenvalue weighted by Crippen LogP contribution is 2.19. The molecule has 6 heteroatoms. The Morgan fingerprint density at radius 1 is 1.35 bits per heavy atom. The summed E-state index contributed by atoms with van der Waals surface area (Å²) in [6.45, 7) is 2.02. The summed E-state index contributed by atoms with van der Waals surface area (Å²) in [4.78, 5) is 32.6. The van der Waals surface area contributed by atoms with Crippen molar-refractivity contribution in [1.82, 2.24) is 20.2 Å². The Morgan fingerprint density at radius 3 is 3.00 bits per heavy atom. The summed E-state index contributed by atoms with van der Waals surface area (Å²) < 4.78 is 0. The van der Waals surface area contributed by atoms with E-state index in [-0.39, 0.29) is 17.5 Å². The van der Waals surface area contributed by atoms with Crippen molar-refractivity contribution >= 4 is 5.91 Å². The summed E-state index contributed by atoms with van der Waals surface area (Å²) in [5.41, 5.74) is 1.72. The van der Waals surface area contributed by atoms with Crippen molar-refractivity contribution < 1.29 is 4.79 Å². The molecular formula is C17H20N4O2. The Bertz CT molecular complexity index is 694. The maximum Gasteiger partial charge on any atom is 0.247 e. The van der Waals surface area contributed by atoms with E-state index >= 15 is 0 Å². The normalized spacial score (nSPS) is 18.0. The predicted octanol–water partition coefficient (Wildman–Crippen LogP) is 1.05. The van der Waals surface area contributed by atoms with Crippen molar-refractivity contribution in [2.24, 2.45) is 0 Å². The SMILES string of the molecule is O=C(NCc1ccc(=O)[nH]c1)C1CCCN1Cc1ccccn1. The summed E-state index contributed by atoms with van der Waals surface area (Å²) in [5, 5.41) is 2.95. The van der Waals surface area contributed by atoms with Gasteiger partial charge in [0.15, 0.2) is 0 Å². The number of amides is 1. The lowest BCUT2D eigenvalue weighted by atomic mass is 10.2. The quantitative estimate of drug-likeness (QED) is 0.865. The van der Waals surface area contributed by atoms with Gasteiger partial charge in [0.25, 0.3) is 0 Å². The first kappa shape index (κ1) is 15.4. The number of likely N-dealkylation sites (tertiary alicyclic amines) is 1. The molecule has 1 aliphatic rings. The van der Waals surface area contributed by atoms with Crippen LogP contribution in [0, 0.1) is 0 Å². The van der Waals surface area contributed by atoms with Crippen molar-refractivity contribution in [2.45, 2.75) is 32.0 Å². The molecule has 6 nitrogen and oxygen atoms in total. The van der Waals surface area contributed by atoms with Crippen LogP contribution >= 0.6 is 0 Å². The summed E-state index contributed by atoms with van der Waals surface area (Å²) in [6, 6.07) is 8.91. The van der Waals surface area contributed by atoms with Crippen LogP contribution in [-0.2, 0) is 17.9 Å². The number of rotatable bonds is 5. The van der Waals surface area contributed by atoms with Crippen molar-refractivity contribution in [3.8, 4) is 0 Å². The zero-order valence-electron chi connectivity index (χ0n) is 12.9. The van der Waals surface area contributed by atoms with E-state index in [1.165, 1.54) is 6.07 Å². The van der Waals surface area contributed by atoms with Crippen LogP contribution in [0.3, 0.4) is 0 Å². The Hall–Kier alpha value is -2.47. The number of carbonyl (C=O) groups excluding carboxylic acids is 1. The molecule has 23 heavy (non-hydrogen) atoms. The van der Waals surface area contributed by atoms with Gasteiger partial charge in [-0.3, -0.25) is 19.5 Å². The van der Waals surface area contributed by atoms with Gasteiger partial charge in [-0.05, 0) is 37.1 Å². The molecule has 2 aromatic heterocycles. The Labute approximate surface area is 134 Å². The van der Waals surface area contributed by atoms with Crippen LogP contribution in [0.1, 0.15) is 24.1 Å². The molecule has 1 aliphatic heterocycles. The molecule has 3 heterocycles. The minimum atomic E-state index is -0.141. The minimum absolute atomic E-state index is 0.0321. The number of nitrogens with one attached hydrogen (secondary N) is 2. The van der Waals surface area contributed by atoms with Gasteiger partial charge in [-0.25, -0.2) is 0 Å². The second kappa shape index (κ2) is 7.19. The van der Waals surface area contributed by atoms with Gasteiger partial charge in [0.1, 0.15) is 0 Å². The molecule has 1 fully saturated rings. The average Bonchev–Trinajstić information content (AvgIpc) is 3.03. The van der Waals surface area contributed by atoms with E-state index < -0.39 is 0 Å². The lowest BCUT2D eigenvalue weighted by Gasteiger charge is -2.23. The molecule has 1 atom stereocenters. The van der Waals surface area contributed by atoms with E-state index in [4.69, 9.17) is 0 Å². The van der Waals surface area contributed by atoms with Crippen molar-refractivity contribution in [2.75, 3.05) is 6.54 Å². The zero-order chi connectivity index (χ0) is 16.1. The molecule has 1 unspecified atom stereocenters. The molecule has 2 aromatic rings. The lowest BCUT2D eigenvalue weighted by Crippen LogP contribution is -2.42. The van der Waals surface area contributed by atoms with Gasteiger partial charge in [0.05, 0.1) is 11.7 Å². The van der Waals surface area contributed by atoms with Gasteiger partial charge < -0.3 is 10.3 Å². The van der Waals surface area contributed by atoms with Crippen LogP contribution < -0.4 is 10.9 Å². The van der Waals surface area contributed by atoms with Gasteiger partial charge in [0, 0.05) is 31.5 Å². The number of aromatic nitrogens is 2. The van der Waals surface area contributed by atoms with E-state index in [1.807, 2.05) is 18.2 Å². The maximum absolute atomic E-state index is 12.4. The smallest absolute Gasteiger partial charge is 0.247 e. The van der Waals surface area contributed by atoms with E-state index in [1.54, 1.807) is 18.5 Å². The van der Waals surface area contributed by atoms with Gasteiger partial charge in [-0.15, -0.1) is 0 Å². The average molecular weight is 312 g/mol. The fourth-order valence-electron chi connectivity index (χ4n) is 2.87. The van der Waals surface area contributed by atoms with Crippen molar-refractivity contribution in [3.63, 3.8) is 0 Å². The van der Waals surface area contributed by atoms with Crippen LogP contribution in [0.2, 0.25) is 0 Å². The molecule has 0 aliphatic carbocycles. The number of H-pyrrole nitrogens is 1. The van der Waals surface area contributed by atoms with Gasteiger partial charge in [-0.2, -0.15) is 0 Å². The highest BCUT2D eigenvalue weighted by atomic mass is 16.2. The number of carbonyl (C=O) groups is 1. The third-order valence-electron chi connectivity index (χ3n) is 4.07. The second-order valence-electron chi connectivity index (χ2n) is 5.73. The van der Waals surface area contributed by atoms with Crippen LogP contribution in [0.4, 0.5) is 0 Å². The topological polar surface area (TPSA) is 78.1 Å². The van der Waals surface area contributed by atoms with E-state index in [0.29, 0.717) is 13.1 Å². The van der Waals surface area contributed by atoms with E-state index in [2.05, 4.69) is 20.2 Å². The minimum Gasteiger partial charge on any atom is -0.351 e. The maximum atomic E-state index is 12.4. The van der Waals surface area contributed by atoms with Crippen LogP contribution in [0.5, 0.6) is 0 Å². The van der Waals surface area contributed by atoms with Crippen molar-refractivity contribution in [3.05, 3.63) is 64.3 Å². The summed E-state index contributed by atoms with van der Waals surface area (Å²) in [7, 11) is 0. The Balaban J connectivity index is 1.57. The van der Waals surface area contributed by atoms with Gasteiger partial charge >= 0.3 is 0 Å². The highest BCUT2D eigenvalue weighted by molar-refractivity contribution is 5.82. The first-order valence-corrected chi connectivity index (χ1v) is 7.82. The largest absolute Gasteiger partial charge is 0.351 e. The molecule has 0 aromatic carbocycles. The Morgan fingerprint density at radius 2 is 2.26 bits per heavy atom. The van der Waals surface area contributed by atoms with Crippen LogP contribution in [0.15, 0.2) is 47.5 Å². The first-order chi connectivity index (χ1) is 11.2. The third kappa shape index (κ3) is 4.04. The van der Waals surface area contributed by atoms with E-state index in [0.717, 1.165) is 30.6 Å². The monoisotopic (exact) mass is 312 g/mol. The van der Waals surface area contributed by atoms with Crippen LogP contribution in [-0.4, -0.2) is 33.4 Å². The standard InChI is InChI=1S/C17H20N4O2/c22-16-7-6-13(10-19-16)11-20-17(23)15-5-3-9-21(15)12-14-4-1-2-8-18-14/h1-2,4,6-8,10,15H,3,5,9,11-12H2,(H,19,22)(H,20,23). The van der Waals surface area contributed by atoms with E-state index in [9.17, 15) is 9.59 Å². The van der Waals surface area contributed by atoms with Gasteiger partial charge in [-0.1, -0.05) is 12.1 Å². The molecular weight excluding hydrogens is 292 g/mol. The molecule has 120 valence electrons. The first-order valence-electron chi connectivity index (χ1n) is 7.82. The third-order valence-corrected chi connectivity index (χ3v) is 4.07. The zero-order valence-corrected chi connectivity index (χ0v) is 12.9. The summed E-state index contributed by atoms with van der Waals surface area (Å²) in [5.74, 6) is 0.0321. The van der Waals surface area contributed by atoms with Crippen LogP contribution in [0.25, 0.3) is 0 Å². The molecule has 0 bridgehead atoms. The lowest BCUT2D eigenvalue weighted by molar-refractivity contribution is -0.125. The molecule has 0 spiro atoms.